The van der Waals surface area contributed by atoms with Gasteiger partial charge in [-0.05, 0) is 13.0 Å². The maximum atomic E-state index is 12.1. The summed E-state index contributed by atoms with van der Waals surface area (Å²) in [6, 6.07) is 7.79. The Balaban J connectivity index is 1.95. The van der Waals surface area contributed by atoms with Gasteiger partial charge >= 0.3 is 0 Å². The molecular weight excluding hydrogens is 314 g/mol. The van der Waals surface area contributed by atoms with Crippen molar-refractivity contribution in [2.45, 2.75) is 20.0 Å². The summed E-state index contributed by atoms with van der Waals surface area (Å²) in [5.74, 6) is 1.19. The van der Waals surface area contributed by atoms with E-state index in [1.807, 2.05) is 24.3 Å². The van der Waals surface area contributed by atoms with Gasteiger partial charge in [0.1, 0.15) is 11.3 Å². The third kappa shape index (κ3) is 2.09. The van der Waals surface area contributed by atoms with E-state index in [1.165, 1.54) is 4.31 Å². The number of rotatable bonds is 2. The van der Waals surface area contributed by atoms with Crippen LogP contribution in [0, 0.1) is 0 Å². The Hall–Kier alpha value is -2.19. The molecule has 2 N–H and O–H groups in total. The van der Waals surface area contributed by atoms with Crippen LogP contribution in [-0.4, -0.2) is 39.6 Å². The number of para-hydroxylation sites is 1. The molecule has 3 heterocycles. The molecule has 1 aliphatic rings. The first-order chi connectivity index (χ1) is 11.0. The fourth-order valence-electron chi connectivity index (χ4n) is 3.13. The van der Waals surface area contributed by atoms with Gasteiger partial charge in [-0.3, -0.25) is 0 Å². The zero-order chi connectivity index (χ0) is 16.2. The van der Waals surface area contributed by atoms with Crippen molar-refractivity contribution in [3.8, 4) is 0 Å². The van der Waals surface area contributed by atoms with Crippen LogP contribution in [0.3, 0.4) is 0 Å². The molecule has 0 fully saturated rings. The quantitative estimate of drug-likeness (QED) is 0.764. The summed E-state index contributed by atoms with van der Waals surface area (Å²) in [7, 11) is -3.22. The topological polar surface area (TPSA) is 94.1 Å². The maximum absolute atomic E-state index is 12.1. The largest absolute Gasteiger partial charge is 0.382 e. The second-order valence-electron chi connectivity index (χ2n) is 5.63. The van der Waals surface area contributed by atoms with Gasteiger partial charge in [-0.1, -0.05) is 18.2 Å². The number of nitrogens with zero attached hydrogens (tertiary/aromatic N) is 4. The number of benzene rings is 1. The highest BCUT2D eigenvalue weighted by Crippen LogP contribution is 2.30. The van der Waals surface area contributed by atoms with Crippen molar-refractivity contribution < 1.29 is 8.42 Å². The number of pyridine rings is 1. The first-order valence-corrected chi connectivity index (χ1v) is 9.13. The van der Waals surface area contributed by atoms with Crippen LogP contribution < -0.4 is 5.73 Å². The van der Waals surface area contributed by atoms with Crippen LogP contribution in [0.1, 0.15) is 12.7 Å². The number of hydrogen-bond acceptors (Lipinski definition) is 5. The van der Waals surface area contributed by atoms with Crippen LogP contribution >= 0.6 is 0 Å². The van der Waals surface area contributed by atoms with Gasteiger partial charge in [0.2, 0.25) is 10.0 Å². The smallest absolute Gasteiger partial charge is 0.214 e. The van der Waals surface area contributed by atoms with Crippen molar-refractivity contribution >= 4 is 37.8 Å². The van der Waals surface area contributed by atoms with Crippen LogP contribution in [-0.2, 0) is 23.1 Å². The Morgan fingerprint density at radius 2 is 2.00 bits per heavy atom. The van der Waals surface area contributed by atoms with Crippen LogP contribution in [0.25, 0.3) is 21.9 Å². The average Bonchev–Trinajstić information content (AvgIpc) is 2.94. The van der Waals surface area contributed by atoms with Crippen molar-refractivity contribution in [1.82, 2.24) is 18.8 Å². The second-order valence-corrected chi connectivity index (χ2v) is 7.88. The van der Waals surface area contributed by atoms with Gasteiger partial charge < -0.3 is 10.3 Å². The molecule has 0 amide bonds. The second kappa shape index (κ2) is 4.90. The molecule has 0 aliphatic carbocycles. The van der Waals surface area contributed by atoms with Gasteiger partial charge in [0, 0.05) is 18.5 Å². The molecule has 1 aromatic carbocycles. The Bertz CT molecular complexity index is 1030. The summed E-state index contributed by atoms with van der Waals surface area (Å²) in [6.07, 6.45) is 0. The van der Waals surface area contributed by atoms with Crippen molar-refractivity contribution in [3.63, 3.8) is 0 Å². The van der Waals surface area contributed by atoms with Crippen LogP contribution in [0.5, 0.6) is 0 Å². The lowest BCUT2D eigenvalue weighted by atomic mass is 10.2. The van der Waals surface area contributed by atoms with Gasteiger partial charge in [-0.15, -0.1) is 0 Å². The van der Waals surface area contributed by atoms with Crippen molar-refractivity contribution in [2.75, 3.05) is 18.0 Å². The number of anilines is 1. The molecule has 0 unspecified atom stereocenters. The minimum Gasteiger partial charge on any atom is -0.382 e. The molecule has 120 valence electrons. The molecule has 4 rings (SSSR count). The van der Waals surface area contributed by atoms with Gasteiger partial charge in [-0.25, -0.2) is 18.4 Å². The number of fused-ring (bicyclic) bond motifs is 5. The third-order valence-electron chi connectivity index (χ3n) is 4.34. The van der Waals surface area contributed by atoms with E-state index in [4.69, 9.17) is 5.73 Å². The summed E-state index contributed by atoms with van der Waals surface area (Å²) < 4.78 is 27.8. The highest BCUT2D eigenvalue weighted by molar-refractivity contribution is 7.89. The number of sulfonamides is 1. The van der Waals surface area contributed by atoms with E-state index in [9.17, 15) is 8.42 Å². The molecule has 0 radical (unpaired) electrons. The molecule has 0 saturated heterocycles. The lowest BCUT2D eigenvalue weighted by molar-refractivity contribution is 0.340. The minimum absolute atomic E-state index is 0.0971. The maximum Gasteiger partial charge on any atom is 0.214 e. The lowest BCUT2D eigenvalue weighted by Crippen LogP contribution is -2.39. The van der Waals surface area contributed by atoms with Crippen molar-refractivity contribution in [3.05, 3.63) is 30.1 Å². The number of nitrogens with two attached hydrogens (primary N) is 1. The van der Waals surface area contributed by atoms with Crippen LogP contribution in [0.15, 0.2) is 24.3 Å². The molecule has 2 aromatic heterocycles. The predicted octanol–water partition coefficient (Wildman–Crippen LogP) is 1.33. The predicted molar refractivity (Wildman–Crippen MR) is 89.3 cm³/mol. The van der Waals surface area contributed by atoms with Gasteiger partial charge in [0.15, 0.2) is 5.82 Å². The fraction of sp³-hybridized carbons (Fsp3) is 0.333. The highest BCUT2D eigenvalue weighted by Gasteiger charge is 2.28. The molecule has 0 atom stereocenters. The molecular formula is C15H17N5O2S. The molecule has 0 spiro atoms. The molecule has 23 heavy (non-hydrogen) atoms. The summed E-state index contributed by atoms with van der Waals surface area (Å²) >= 11 is 0. The SMILES string of the molecule is CCS(=O)(=O)N1CCn2c(nc3c(N)nc4ccccc4c32)C1. The average molecular weight is 331 g/mol. The fourth-order valence-corrected chi connectivity index (χ4v) is 4.17. The standard InChI is InChI=1S/C15H17N5O2S/c1-2-23(21,22)19-7-8-20-12(9-19)18-13-14(20)10-5-3-4-6-11(10)17-15(13)16/h3-6H,2,7-9H2,1H3,(H2,16,17). The molecule has 3 aromatic rings. The van der Waals surface area contributed by atoms with E-state index in [0.29, 0.717) is 30.2 Å². The molecule has 7 nitrogen and oxygen atoms in total. The zero-order valence-electron chi connectivity index (χ0n) is 12.7. The monoisotopic (exact) mass is 331 g/mol. The summed E-state index contributed by atoms with van der Waals surface area (Å²) in [6.45, 7) is 2.95. The zero-order valence-corrected chi connectivity index (χ0v) is 13.5. The summed E-state index contributed by atoms with van der Waals surface area (Å²) in [5.41, 5.74) is 8.47. The Labute approximate surface area is 133 Å². The van der Waals surface area contributed by atoms with E-state index >= 15 is 0 Å². The van der Waals surface area contributed by atoms with Crippen molar-refractivity contribution in [2.24, 2.45) is 0 Å². The van der Waals surface area contributed by atoms with Crippen LogP contribution in [0.4, 0.5) is 5.82 Å². The Morgan fingerprint density at radius 1 is 1.22 bits per heavy atom. The molecule has 8 heteroatoms. The Kier molecular flexibility index (Phi) is 3.07. The Morgan fingerprint density at radius 3 is 2.78 bits per heavy atom. The van der Waals surface area contributed by atoms with E-state index in [1.54, 1.807) is 6.92 Å². The van der Waals surface area contributed by atoms with E-state index < -0.39 is 10.0 Å². The summed E-state index contributed by atoms with van der Waals surface area (Å²) in [4.78, 5) is 8.97. The molecule has 0 saturated carbocycles. The van der Waals surface area contributed by atoms with E-state index in [-0.39, 0.29) is 12.3 Å². The normalized spacial score (nSPS) is 16.0. The first-order valence-electron chi connectivity index (χ1n) is 7.52. The van der Waals surface area contributed by atoms with Crippen molar-refractivity contribution in [1.29, 1.82) is 0 Å². The first kappa shape index (κ1) is 14.4. The third-order valence-corrected chi connectivity index (χ3v) is 6.17. The van der Waals surface area contributed by atoms with Gasteiger partial charge in [0.05, 0.1) is 23.3 Å². The van der Waals surface area contributed by atoms with E-state index in [2.05, 4.69) is 14.5 Å². The van der Waals surface area contributed by atoms with E-state index in [0.717, 1.165) is 16.4 Å². The molecule has 1 aliphatic heterocycles. The molecule has 0 bridgehead atoms. The number of nitrogen functional groups attached to an aromatic ring is 1. The summed E-state index contributed by atoms with van der Waals surface area (Å²) in [5, 5.41) is 0.988. The number of hydrogen-bond donors (Lipinski definition) is 1. The van der Waals surface area contributed by atoms with Crippen LogP contribution in [0.2, 0.25) is 0 Å². The number of aromatic nitrogens is 3. The van der Waals surface area contributed by atoms with Gasteiger partial charge in [0.25, 0.3) is 0 Å². The highest BCUT2D eigenvalue weighted by atomic mass is 32.2. The minimum atomic E-state index is -3.22. The van der Waals surface area contributed by atoms with Gasteiger partial charge in [-0.2, -0.15) is 4.31 Å². The number of imidazole rings is 1. The lowest BCUT2D eigenvalue weighted by Gasteiger charge is -2.26.